The van der Waals surface area contributed by atoms with Crippen LogP contribution in [-0.4, -0.2) is 29.7 Å². The van der Waals surface area contributed by atoms with E-state index in [0.29, 0.717) is 19.5 Å². The van der Waals surface area contributed by atoms with E-state index in [2.05, 4.69) is 12.1 Å². The molecule has 1 aliphatic rings. The minimum atomic E-state index is -0.312. The Morgan fingerprint density at radius 2 is 2.12 bits per heavy atom. The van der Waals surface area contributed by atoms with Gasteiger partial charge < -0.3 is 4.90 Å². The van der Waals surface area contributed by atoms with E-state index < -0.39 is 0 Å². The highest BCUT2D eigenvalue weighted by Gasteiger charge is 2.28. The quantitative estimate of drug-likeness (QED) is 0.716. The number of amides is 1. The molecule has 3 heteroatoms. The minimum absolute atomic E-state index is 0.246. The van der Waals surface area contributed by atoms with Gasteiger partial charge in [0.1, 0.15) is 0 Å². The fourth-order valence-corrected chi connectivity index (χ4v) is 1.97. The Morgan fingerprint density at radius 1 is 1.31 bits per heavy atom. The first-order valence-electron chi connectivity index (χ1n) is 5.54. The van der Waals surface area contributed by atoms with Crippen LogP contribution in [0.3, 0.4) is 0 Å². The Kier molecular flexibility index (Phi) is 3.04. The van der Waals surface area contributed by atoms with Crippen LogP contribution in [0.1, 0.15) is 17.5 Å². The van der Waals surface area contributed by atoms with E-state index in [1.54, 1.807) is 4.90 Å². The molecule has 3 nitrogen and oxygen atoms in total. The molecule has 0 N–H and O–H groups in total. The molecule has 0 aliphatic carbocycles. The number of nitrogens with zero attached hydrogens (tertiary/aromatic N) is 1. The van der Waals surface area contributed by atoms with Crippen LogP contribution < -0.4 is 0 Å². The number of carbonyl (C=O) groups is 2. The maximum Gasteiger partial charge on any atom is 0.290 e. The molecular formula is C13H15NO2. The maximum absolute atomic E-state index is 11.4. The van der Waals surface area contributed by atoms with Crippen molar-refractivity contribution in [3.05, 3.63) is 35.4 Å². The molecule has 0 bridgehead atoms. The SMILES string of the molecule is Cc1cccc(CCN2CCC(=O)C2=O)c1. The highest BCUT2D eigenvalue weighted by Crippen LogP contribution is 2.09. The van der Waals surface area contributed by atoms with Gasteiger partial charge in [0, 0.05) is 19.5 Å². The number of carbonyl (C=O) groups excluding carboxylic acids is 2. The van der Waals surface area contributed by atoms with E-state index in [9.17, 15) is 9.59 Å². The van der Waals surface area contributed by atoms with Gasteiger partial charge in [-0.1, -0.05) is 29.8 Å². The van der Waals surface area contributed by atoms with Crippen molar-refractivity contribution in [2.45, 2.75) is 19.8 Å². The third-order valence-corrected chi connectivity index (χ3v) is 2.89. The van der Waals surface area contributed by atoms with Crippen molar-refractivity contribution in [2.75, 3.05) is 13.1 Å². The lowest BCUT2D eigenvalue weighted by Crippen LogP contribution is -2.29. The van der Waals surface area contributed by atoms with E-state index in [1.807, 2.05) is 19.1 Å². The van der Waals surface area contributed by atoms with Crippen molar-refractivity contribution in [1.29, 1.82) is 0 Å². The number of likely N-dealkylation sites (tertiary alicyclic amines) is 1. The lowest BCUT2D eigenvalue weighted by Gasteiger charge is -2.14. The summed E-state index contributed by atoms with van der Waals surface area (Å²) in [5, 5.41) is 0. The van der Waals surface area contributed by atoms with Crippen LogP contribution in [0, 0.1) is 6.92 Å². The molecule has 1 amide bonds. The third kappa shape index (κ3) is 2.30. The lowest BCUT2D eigenvalue weighted by atomic mass is 10.1. The van der Waals surface area contributed by atoms with Crippen molar-refractivity contribution >= 4 is 11.7 Å². The summed E-state index contributed by atoms with van der Waals surface area (Å²) in [6.45, 7) is 3.28. The van der Waals surface area contributed by atoms with Gasteiger partial charge in [0.25, 0.3) is 5.91 Å². The van der Waals surface area contributed by atoms with Crippen molar-refractivity contribution in [1.82, 2.24) is 4.90 Å². The molecule has 2 rings (SSSR count). The van der Waals surface area contributed by atoms with Crippen LogP contribution in [0.15, 0.2) is 24.3 Å². The van der Waals surface area contributed by atoms with Gasteiger partial charge in [0.05, 0.1) is 0 Å². The molecule has 1 saturated heterocycles. The van der Waals surface area contributed by atoms with Crippen LogP contribution in [0.25, 0.3) is 0 Å². The van der Waals surface area contributed by atoms with Gasteiger partial charge in [-0.3, -0.25) is 9.59 Å². The van der Waals surface area contributed by atoms with Gasteiger partial charge in [0.15, 0.2) is 0 Å². The zero-order chi connectivity index (χ0) is 11.5. The monoisotopic (exact) mass is 217 g/mol. The van der Waals surface area contributed by atoms with Crippen molar-refractivity contribution in [2.24, 2.45) is 0 Å². The van der Waals surface area contributed by atoms with Gasteiger partial charge >= 0.3 is 0 Å². The summed E-state index contributed by atoms with van der Waals surface area (Å²) in [5.74, 6) is -0.558. The Balaban J connectivity index is 1.93. The number of rotatable bonds is 3. The van der Waals surface area contributed by atoms with Gasteiger partial charge in [-0.2, -0.15) is 0 Å². The average Bonchev–Trinajstić information content (AvgIpc) is 2.57. The molecule has 0 radical (unpaired) electrons. The second-order valence-corrected chi connectivity index (χ2v) is 4.20. The number of hydrogen-bond donors (Lipinski definition) is 0. The smallest absolute Gasteiger partial charge is 0.290 e. The summed E-state index contributed by atoms with van der Waals surface area (Å²) < 4.78 is 0. The van der Waals surface area contributed by atoms with E-state index in [-0.39, 0.29) is 11.7 Å². The zero-order valence-corrected chi connectivity index (χ0v) is 9.40. The largest absolute Gasteiger partial charge is 0.335 e. The molecule has 0 aromatic heterocycles. The molecule has 1 aliphatic heterocycles. The predicted octanol–water partition coefficient (Wildman–Crippen LogP) is 1.34. The van der Waals surface area contributed by atoms with Crippen LogP contribution >= 0.6 is 0 Å². The Labute approximate surface area is 95.1 Å². The van der Waals surface area contributed by atoms with Crippen LogP contribution in [0.2, 0.25) is 0 Å². The molecule has 1 heterocycles. The Morgan fingerprint density at radius 3 is 2.75 bits per heavy atom. The van der Waals surface area contributed by atoms with Crippen molar-refractivity contribution < 1.29 is 9.59 Å². The normalized spacial score (nSPS) is 15.9. The molecule has 0 atom stereocenters. The van der Waals surface area contributed by atoms with Gasteiger partial charge in [-0.25, -0.2) is 0 Å². The fraction of sp³-hybridized carbons (Fsp3) is 0.385. The summed E-state index contributed by atoms with van der Waals surface area (Å²) >= 11 is 0. The van der Waals surface area contributed by atoms with Crippen LogP contribution in [-0.2, 0) is 16.0 Å². The second kappa shape index (κ2) is 4.47. The minimum Gasteiger partial charge on any atom is -0.335 e. The molecule has 1 aromatic rings. The lowest BCUT2D eigenvalue weighted by molar-refractivity contribution is -0.139. The molecule has 84 valence electrons. The fourth-order valence-electron chi connectivity index (χ4n) is 1.97. The van der Waals surface area contributed by atoms with E-state index in [0.717, 1.165) is 6.42 Å². The van der Waals surface area contributed by atoms with Crippen LogP contribution in [0.4, 0.5) is 0 Å². The van der Waals surface area contributed by atoms with Crippen molar-refractivity contribution in [3.63, 3.8) is 0 Å². The first kappa shape index (κ1) is 10.9. The standard InChI is InChI=1S/C13H15NO2/c1-10-3-2-4-11(9-10)5-7-14-8-6-12(15)13(14)16/h2-4,9H,5-8H2,1H3. The van der Waals surface area contributed by atoms with E-state index >= 15 is 0 Å². The summed E-state index contributed by atoms with van der Waals surface area (Å²) in [5.41, 5.74) is 2.44. The van der Waals surface area contributed by atoms with Crippen molar-refractivity contribution in [3.8, 4) is 0 Å². The molecule has 0 spiro atoms. The molecule has 1 fully saturated rings. The molecular weight excluding hydrogens is 202 g/mol. The third-order valence-electron chi connectivity index (χ3n) is 2.89. The molecule has 1 aromatic carbocycles. The van der Waals surface area contributed by atoms with Gasteiger partial charge in [0.2, 0.25) is 5.78 Å². The number of hydrogen-bond acceptors (Lipinski definition) is 2. The highest BCUT2D eigenvalue weighted by molar-refractivity contribution is 6.37. The summed E-state index contributed by atoms with van der Waals surface area (Å²) in [6.07, 6.45) is 1.20. The van der Waals surface area contributed by atoms with Gasteiger partial charge in [-0.15, -0.1) is 0 Å². The van der Waals surface area contributed by atoms with Gasteiger partial charge in [-0.05, 0) is 18.9 Å². The second-order valence-electron chi connectivity index (χ2n) is 4.20. The predicted molar refractivity (Wildman–Crippen MR) is 61.1 cm³/mol. The van der Waals surface area contributed by atoms with E-state index in [4.69, 9.17) is 0 Å². The molecule has 0 saturated carbocycles. The molecule has 0 unspecified atom stereocenters. The average molecular weight is 217 g/mol. The first-order valence-corrected chi connectivity index (χ1v) is 5.54. The van der Waals surface area contributed by atoms with E-state index in [1.165, 1.54) is 11.1 Å². The summed E-state index contributed by atoms with van der Waals surface area (Å²) in [7, 11) is 0. The topological polar surface area (TPSA) is 37.4 Å². The Hall–Kier alpha value is -1.64. The number of Topliss-reactive ketones (excluding diaryl/α,β-unsaturated/α-hetero) is 1. The number of ketones is 1. The highest BCUT2D eigenvalue weighted by atomic mass is 16.2. The summed E-state index contributed by atoms with van der Waals surface area (Å²) in [4.78, 5) is 24.1. The van der Waals surface area contributed by atoms with Crippen LogP contribution in [0.5, 0.6) is 0 Å². The molecule has 16 heavy (non-hydrogen) atoms. The Bertz CT molecular complexity index is 426. The first-order chi connectivity index (χ1) is 7.66. The zero-order valence-electron chi connectivity index (χ0n) is 9.40. The summed E-state index contributed by atoms with van der Waals surface area (Å²) in [6, 6.07) is 8.23. The number of benzene rings is 1. The maximum atomic E-state index is 11.4. The number of aryl methyl sites for hydroxylation is 1.